The standard InChI is InChI=1S/C13H18BrNO2/c1-4-17-12-7-9(6-10(14)13(12)16)11(15)5-8(2)3/h6-7,11,16H,2,4-5,15H2,1,3H3/t11-/m0/s1. The summed E-state index contributed by atoms with van der Waals surface area (Å²) in [6.45, 7) is 8.16. The van der Waals surface area contributed by atoms with Gasteiger partial charge in [0, 0.05) is 6.04 Å². The molecule has 1 aromatic carbocycles. The zero-order valence-electron chi connectivity index (χ0n) is 10.2. The van der Waals surface area contributed by atoms with Gasteiger partial charge in [0.05, 0.1) is 11.1 Å². The summed E-state index contributed by atoms with van der Waals surface area (Å²) in [5.41, 5.74) is 8.01. The van der Waals surface area contributed by atoms with Crippen LogP contribution >= 0.6 is 15.9 Å². The number of ether oxygens (including phenoxy) is 1. The van der Waals surface area contributed by atoms with Crippen molar-refractivity contribution in [1.82, 2.24) is 0 Å². The molecule has 0 unspecified atom stereocenters. The van der Waals surface area contributed by atoms with Crippen LogP contribution in [0.15, 0.2) is 28.8 Å². The number of hydrogen-bond acceptors (Lipinski definition) is 3. The van der Waals surface area contributed by atoms with Crippen molar-refractivity contribution in [2.75, 3.05) is 6.61 Å². The van der Waals surface area contributed by atoms with Gasteiger partial charge >= 0.3 is 0 Å². The summed E-state index contributed by atoms with van der Waals surface area (Å²) in [6, 6.07) is 3.45. The van der Waals surface area contributed by atoms with E-state index in [0.717, 1.165) is 11.1 Å². The van der Waals surface area contributed by atoms with Crippen LogP contribution in [-0.4, -0.2) is 11.7 Å². The number of aromatic hydroxyl groups is 1. The first-order valence-electron chi connectivity index (χ1n) is 5.50. The van der Waals surface area contributed by atoms with Gasteiger partial charge in [-0.05, 0) is 53.9 Å². The van der Waals surface area contributed by atoms with Crippen LogP contribution in [0.5, 0.6) is 11.5 Å². The van der Waals surface area contributed by atoms with Gasteiger partial charge in [-0.25, -0.2) is 0 Å². The molecule has 0 spiro atoms. The Kier molecular flexibility index (Phi) is 5.02. The predicted molar refractivity (Wildman–Crippen MR) is 73.3 cm³/mol. The molecular weight excluding hydrogens is 282 g/mol. The van der Waals surface area contributed by atoms with Crippen LogP contribution in [0.2, 0.25) is 0 Å². The second kappa shape index (κ2) is 6.07. The third-order valence-corrected chi connectivity index (χ3v) is 2.95. The summed E-state index contributed by atoms with van der Waals surface area (Å²) in [4.78, 5) is 0. The summed E-state index contributed by atoms with van der Waals surface area (Å²) in [5, 5.41) is 9.79. The maximum absolute atomic E-state index is 9.79. The molecule has 0 saturated heterocycles. The SMILES string of the molecule is C=C(C)C[C@H](N)c1cc(Br)c(O)c(OCC)c1. The quantitative estimate of drug-likeness (QED) is 0.818. The maximum Gasteiger partial charge on any atom is 0.172 e. The molecule has 0 fully saturated rings. The number of benzene rings is 1. The lowest BCUT2D eigenvalue weighted by atomic mass is 10.0. The van der Waals surface area contributed by atoms with Gasteiger partial charge in [0.2, 0.25) is 0 Å². The fourth-order valence-electron chi connectivity index (χ4n) is 1.57. The molecular formula is C13H18BrNO2. The van der Waals surface area contributed by atoms with E-state index in [2.05, 4.69) is 22.5 Å². The van der Waals surface area contributed by atoms with Gasteiger partial charge in [0.15, 0.2) is 11.5 Å². The molecule has 0 heterocycles. The monoisotopic (exact) mass is 299 g/mol. The molecule has 0 aliphatic rings. The molecule has 94 valence electrons. The average Bonchev–Trinajstić information content (AvgIpc) is 2.23. The topological polar surface area (TPSA) is 55.5 Å². The molecule has 0 aliphatic heterocycles. The van der Waals surface area contributed by atoms with Gasteiger partial charge in [-0.3, -0.25) is 0 Å². The Balaban J connectivity index is 3.04. The van der Waals surface area contributed by atoms with E-state index in [-0.39, 0.29) is 11.8 Å². The lowest BCUT2D eigenvalue weighted by Gasteiger charge is -2.15. The molecule has 3 N–H and O–H groups in total. The van der Waals surface area contributed by atoms with Gasteiger partial charge in [0.1, 0.15) is 0 Å². The predicted octanol–water partition coefficient (Wildman–Crippen LogP) is 3.52. The third kappa shape index (κ3) is 3.75. The van der Waals surface area contributed by atoms with Gasteiger partial charge in [-0.2, -0.15) is 0 Å². The zero-order valence-corrected chi connectivity index (χ0v) is 11.8. The molecule has 0 saturated carbocycles. The molecule has 0 aromatic heterocycles. The van der Waals surface area contributed by atoms with Crippen LogP contribution < -0.4 is 10.5 Å². The molecule has 0 aliphatic carbocycles. The molecule has 1 rings (SSSR count). The first-order valence-corrected chi connectivity index (χ1v) is 6.30. The largest absolute Gasteiger partial charge is 0.503 e. The first kappa shape index (κ1) is 14.1. The van der Waals surface area contributed by atoms with E-state index >= 15 is 0 Å². The fraction of sp³-hybridized carbons (Fsp3) is 0.385. The van der Waals surface area contributed by atoms with Gasteiger partial charge in [-0.1, -0.05) is 5.57 Å². The minimum absolute atomic E-state index is 0.109. The van der Waals surface area contributed by atoms with Crippen LogP contribution in [0.25, 0.3) is 0 Å². The lowest BCUT2D eigenvalue weighted by molar-refractivity contribution is 0.316. The van der Waals surface area contributed by atoms with Crippen molar-refractivity contribution in [3.05, 3.63) is 34.3 Å². The Labute approximate surface area is 110 Å². The second-order valence-electron chi connectivity index (χ2n) is 4.05. The minimum atomic E-state index is -0.136. The molecule has 17 heavy (non-hydrogen) atoms. The molecule has 4 heteroatoms. The fourth-order valence-corrected chi connectivity index (χ4v) is 2.03. The number of rotatable bonds is 5. The molecule has 0 amide bonds. The number of nitrogens with two attached hydrogens (primary N) is 1. The summed E-state index contributed by atoms with van der Waals surface area (Å²) in [7, 11) is 0. The highest BCUT2D eigenvalue weighted by molar-refractivity contribution is 9.10. The van der Waals surface area contributed by atoms with E-state index < -0.39 is 0 Å². The molecule has 0 bridgehead atoms. The smallest absolute Gasteiger partial charge is 0.172 e. The van der Waals surface area contributed by atoms with Crippen LogP contribution in [0, 0.1) is 0 Å². The van der Waals surface area contributed by atoms with Crippen LogP contribution in [0.1, 0.15) is 31.9 Å². The average molecular weight is 300 g/mol. The van der Waals surface area contributed by atoms with Crippen molar-refractivity contribution < 1.29 is 9.84 Å². The van der Waals surface area contributed by atoms with E-state index in [0.29, 0.717) is 23.2 Å². The zero-order chi connectivity index (χ0) is 13.0. The van der Waals surface area contributed by atoms with E-state index in [1.54, 1.807) is 6.07 Å². The third-order valence-electron chi connectivity index (χ3n) is 2.35. The van der Waals surface area contributed by atoms with Gasteiger partial charge < -0.3 is 15.6 Å². The number of phenolic OH excluding ortho intramolecular Hbond substituents is 1. The Hall–Kier alpha value is -1.00. The van der Waals surface area contributed by atoms with Crippen LogP contribution in [0.4, 0.5) is 0 Å². The Bertz CT molecular complexity index is 418. The van der Waals surface area contributed by atoms with Crippen molar-refractivity contribution in [3.63, 3.8) is 0 Å². The van der Waals surface area contributed by atoms with Crippen molar-refractivity contribution in [3.8, 4) is 11.5 Å². The Morgan fingerprint density at radius 3 is 2.76 bits per heavy atom. The Morgan fingerprint density at radius 1 is 1.59 bits per heavy atom. The normalized spacial score (nSPS) is 12.2. The van der Waals surface area contributed by atoms with E-state index in [9.17, 15) is 5.11 Å². The second-order valence-corrected chi connectivity index (χ2v) is 4.90. The summed E-state index contributed by atoms with van der Waals surface area (Å²) in [5.74, 6) is 0.562. The van der Waals surface area contributed by atoms with Crippen molar-refractivity contribution in [1.29, 1.82) is 0 Å². The van der Waals surface area contributed by atoms with Crippen molar-refractivity contribution in [2.24, 2.45) is 5.73 Å². The van der Waals surface area contributed by atoms with E-state index in [4.69, 9.17) is 10.5 Å². The maximum atomic E-state index is 9.79. The summed E-state index contributed by atoms with van der Waals surface area (Å²) in [6.07, 6.45) is 0.711. The van der Waals surface area contributed by atoms with Gasteiger partial charge in [0.25, 0.3) is 0 Å². The number of halogens is 1. The molecule has 3 nitrogen and oxygen atoms in total. The number of phenols is 1. The summed E-state index contributed by atoms with van der Waals surface area (Å²) >= 11 is 3.29. The molecule has 1 aromatic rings. The highest BCUT2D eigenvalue weighted by Gasteiger charge is 2.13. The van der Waals surface area contributed by atoms with Crippen molar-refractivity contribution in [2.45, 2.75) is 26.3 Å². The van der Waals surface area contributed by atoms with Crippen molar-refractivity contribution >= 4 is 15.9 Å². The van der Waals surface area contributed by atoms with E-state index in [1.165, 1.54) is 0 Å². The van der Waals surface area contributed by atoms with Crippen LogP contribution in [-0.2, 0) is 0 Å². The first-order chi connectivity index (χ1) is 7.95. The van der Waals surface area contributed by atoms with E-state index in [1.807, 2.05) is 19.9 Å². The lowest BCUT2D eigenvalue weighted by Crippen LogP contribution is -2.10. The molecule has 0 radical (unpaired) electrons. The number of hydrogen-bond donors (Lipinski definition) is 2. The van der Waals surface area contributed by atoms with Gasteiger partial charge in [-0.15, -0.1) is 6.58 Å². The summed E-state index contributed by atoms with van der Waals surface area (Å²) < 4.78 is 5.95. The minimum Gasteiger partial charge on any atom is -0.503 e. The van der Waals surface area contributed by atoms with Crippen LogP contribution in [0.3, 0.4) is 0 Å². The highest BCUT2D eigenvalue weighted by atomic mass is 79.9. The highest BCUT2D eigenvalue weighted by Crippen LogP contribution is 2.37. The Morgan fingerprint density at radius 2 is 2.24 bits per heavy atom. The molecule has 1 atom stereocenters.